The number of anilines is 1. The van der Waals surface area contributed by atoms with Crippen LogP contribution in [0.3, 0.4) is 0 Å². The van der Waals surface area contributed by atoms with Crippen LogP contribution in [-0.2, 0) is 9.59 Å². The molecule has 0 saturated carbocycles. The Hall–Kier alpha value is -4.26. The van der Waals surface area contributed by atoms with E-state index in [1.165, 1.54) is 10.6 Å². The van der Waals surface area contributed by atoms with E-state index < -0.39 is 11.8 Å². The van der Waals surface area contributed by atoms with E-state index >= 15 is 0 Å². The van der Waals surface area contributed by atoms with Crippen molar-refractivity contribution in [2.75, 3.05) is 25.3 Å². The molecule has 3 aromatic rings. The second-order valence-corrected chi connectivity index (χ2v) is 8.43. The highest BCUT2D eigenvalue weighted by molar-refractivity contribution is 6.31. The summed E-state index contributed by atoms with van der Waals surface area (Å²) in [6.07, 6.45) is 2.58. The molecule has 1 aliphatic heterocycles. The largest absolute Gasteiger partial charge is 0.493 e. The van der Waals surface area contributed by atoms with Crippen molar-refractivity contribution in [3.63, 3.8) is 0 Å². The number of hydrogen-bond acceptors (Lipinski definition) is 5. The van der Waals surface area contributed by atoms with Crippen molar-refractivity contribution in [1.82, 2.24) is 5.43 Å². The quantitative estimate of drug-likeness (QED) is 0.244. The molecule has 186 valence electrons. The minimum atomic E-state index is -0.460. The third kappa shape index (κ3) is 5.51. The first-order valence-electron chi connectivity index (χ1n) is 12.0. The van der Waals surface area contributed by atoms with E-state index in [0.717, 1.165) is 12.2 Å². The van der Waals surface area contributed by atoms with Gasteiger partial charge in [-0.15, -0.1) is 0 Å². The van der Waals surface area contributed by atoms with Crippen LogP contribution in [0, 0.1) is 0 Å². The number of benzene rings is 3. The average Bonchev–Trinajstić information content (AvgIpc) is 3.20. The number of para-hydroxylation sites is 2. The predicted molar refractivity (Wildman–Crippen MR) is 139 cm³/mol. The molecule has 7 nitrogen and oxygen atoms in total. The molecule has 0 unspecified atom stereocenters. The van der Waals surface area contributed by atoms with Crippen LogP contribution < -0.4 is 24.6 Å². The first-order valence-corrected chi connectivity index (χ1v) is 12.0. The lowest BCUT2D eigenvalue weighted by Gasteiger charge is -2.16. The van der Waals surface area contributed by atoms with Crippen LogP contribution >= 0.6 is 0 Å². The monoisotopic (exact) mass is 486 g/mol. The highest BCUT2D eigenvalue weighted by atomic mass is 16.5. The highest BCUT2D eigenvalue weighted by Gasteiger charge is 2.34. The van der Waals surface area contributed by atoms with E-state index in [1.54, 1.807) is 55.7 Å². The van der Waals surface area contributed by atoms with Gasteiger partial charge in [0.15, 0.2) is 11.5 Å². The number of carbonyl (C=O) groups is 2. The van der Waals surface area contributed by atoms with E-state index in [2.05, 4.69) is 25.3 Å². The van der Waals surface area contributed by atoms with Gasteiger partial charge in [0.25, 0.3) is 11.8 Å². The minimum absolute atomic E-state index is 0.0444. The second kappa shape index (κ2) is 11.4. The SMILES string of the molecule is CC[C@H](C)c1ccccc1OCCOc1ccc(/C=C2\C(=O)NN(c3ccccc3)C2=O)cc1OC. The molecule has 1 atom stereocenters. The Morgan fingerprint density at radius 1 is 0.889 bits per heavy atom. The van der Waals surface area contributed by atoms with Crippen molar-refractivity contribution in [1.29, 1.82) is 0 Å². The van der Waals surface area contributed by atoms with Gasteiger partial charge in [0, 0.05) is 0 Å². The number of hydrogen-bond donors (Lipinski definition) is 1. The molecule has 4 rings (SSSR count). The molecule has 1 saturated heterocycles. The number of nitrogens with one attached hydrogen (secondary N) is 1. The van der Waals surface area contributed by atoms with Gasteiger partial charge >= 0.3 is 0 Å². The van der Waals surface area contributed by atoms with Crippen LogP contribution in [0.25, 0.3) is 6.08 Å². The highest BCUT2D eigenvalue weighted by Crippen LogP contribution is 2.31. The molecule has 1 aliphatic rings. The van der Waals surface area contributed by atoms with Gasteiger partial charge in [0.05, 0.1) is 12.8 Å². The van der Waals surface area contributed by atoms with Crippen molar-refractivity contribution < 1.29 is 23.8 Å². The lowest BCUT2D eigenvalue weighted by Crippen LogP contribution is -2.35. The summed E-state index contributed by atoms with van der Waals surface area (Å²) in [5.74, 6) is 1.45. The third-order valence-electron chi connectivity index (χ3n) is 6.07. The molecule has 3 aromatic carbocycles. The Bertz CT molecular complexity index is 1260. The van der Waals surface area contributed by atoms with Crippen LogP contribution in [0.4, 0.5) is 5.69 Å². The molecule has 7 heteroatoms. The van der Waals surface area contributed by atoms with Crippen molar-refractivity contribution in [3.05, 3.63) is 89.5 Å². The number of amides is 2. The Labute approximate surface area is 211 Å². The summed E-state index contributed by atoms with van der Waals surface area (Å²) in [5.41, 5.74) is 5.07. The van der Waals surface area contributed by atoms with Crippen LogP contribution in [0.1, 0.15) is 37.3 Å². The smallest absolute Gasteiger partial charge is 0.282 e. The molecule has 1 heterocycles. The number of nitrogens with zero attached hydrogens (tertiary/aromatic N) is 1. The van der Waals surface area contributed by atoms with Gasteiger partial charge < -0.3 is 14.2 Å². The van der Waals surface area contributed by atoms with Gasteiger partial charge in [-0.05, 0) is 59.9 Å². The van der Waals surface area contributed by atoms with Crippen LogP contribution in [0.2, 0.25) is 0 Å². The molecule has 0 bridgehead atoms. The summed E-state index contributed by atoms with van der Waals surface area (Å²) in [4.78, 5) is 25.3. The summed E-state index contributed by atoms with van der Waals surface area (Å²) < 4.78 is 17.4. The number of ether oxygens (including phenoxy) is 3. The molecular weight excluding hydrogens is 456 g/mol. The fourth-order valence-corrected chi connectivity index (χ4v) is 3.92. The molecule has 0 spiro atoms. The summed E-state index contributed by atoms with van der Waals surface area (Å²) in [6, 6.07) is 22.3. The first-order chi connectivity index (χ1) is 17.5. The van der Waals surface area contributed by atoms with Gasteiger partial charge in [-0.2, -0.15) is 0 Å². The van der Waals surface area contributed by atoms with Crippen LogP contribution in [0.15, 0.2) is 78.4 Å². The predicted octanol–water partition coefficient (Wildman–Crippen LogP) is 5.13. The maximum atomic E-state index is 12.8. The number of methoxy groups -OCH3 is 1. The normalized spacial score (nSPS) is 15.1. The maximum Gasteiger partial charge on any atom is 0.282 e. The van der Waals surface area contributed by atoms with Crippen molar-refractivity contribution in [3.8, 4) is 17.2 Å². The zero-order valence-electron chi connectivity index (χ0n) is 20.7. The van der Waals surface area contributed by atoms with Gasteiger partial charge in [-0.3, -0.25) is 15.0 Å². The topological polar surface area (TPSA) is 77.1 Å². The molecule has 0 radical (unpaired) electrons. The molecule has 1 fully saturated rings. The molecule has 1 N–H and O–H groups in total. The summed E-state index contributed by atoms with van der Waals surface area (Å²) in [6.45, 7) is 5.05. The van der Waals surface area contributed by atoms with Gasteiger partial charge in [0.2, 0.25) is 0 Å². The van der Waals surface area contributed by atoms with E-state index in [-0.39, 0.29) is 5.57 Å². The fourth-order valence-electron chi connectivity index (χ4n) is 3.92. The van der Waals surface area contributed by atoms with Crippen molar-refractivity contribution >= 4 is 23.6 Å². The molecular formula is C29H30N2O5. The third-order valence-corrected chi connectivity index (χ3v) is 6.07. The Morgan fingerprint density at radius 3 is 2.31 bits per heavy atom. The lowest BCUT2D eigenvalue weighted by atomic mass is 9.98. The van der Waals surface area contributed by atoms with Crippen LogP contribution in [-0.4, -0.2) is 32.1 Å². The average molecular weight is 487 g/mol. The molecule has 36 heavy (non-hydrogen) atoms. The summed E-state index contributed by atoms with van der Waals surface area (Å²) in [5, 5.41) is 1.24. The zero-order valence-corrected chi connectivity index (χ0v) is 20.7. The zero-order chi connectivity index (χ0) is 25.5. The van der Waals surface area contributed by atoms with Gasteiger partial charge in [-0.25, -0.2) is 5.01 Å². The second-order valence-electron chi connectivity index (χ2n) is 8.43. The molecule has 0 aromatic heterocycles. The molecule has 2 amide bonds. The fraction of sp³-hybridized carbons (Fsp3) is 0.241. The van der Waals surface area contributed by atoms with Crippen LogP contribution in [0.5, 0.6) is 17.2 Å². The van der Waals surface area contributed by atoms with E-state index in [9.17, 15) is 9.59 Å². The number of hydrazine groups is 1. The summed E-state index contributed by atoms with van der Waals surface area (Å²) >= 11 is 0. The standard InChI is InChI=1S/C29H30N2O5/c1-4-20(2)23-12-8-9-13-25(23)35-16-17-36-26-15-14-21(19-27(26)34-3)18-24-28(32)30-31(29(24)33)22-10-6-5-7-11-22/h5-15,18-20H,4,16-17H2,1-3H3,(H,30,32)/b24-18+/t20-/m0/s1. The minimum Gasteiger partial charge on any atom is -0.493 e. The maximum absolute atomic E-state index is 12.8. The molecule has 0 aliphatic carbocycles. The van der Waals surface area contributed by atoms with Gasteiger partial charge in [0.1, 0.15) is 24.5 Å². The number of rotatable bonds is 10. The number of carbonyl (C=O) groups excluding carboxylic acids is 2. The van der Waals surface area contributed by atoms with Crippen molar-refractivity contribution in [2.24, 2.45) is 0 Å². The Balaban J connectivity index is 1.41. The van der Waals surface area contributed by atoms with E-state index in [1.807, 2.05) is 24.3 Å². The first kappa shape index (κ1) is 24.9. The van der Waals surface area contributed by atoms with Gasteiger partial charge in [-0.1, -0.05) is 56.3 Å². The van der Waals surface area contributed by atoms with Crippen molar-refractivity contribution in [2.45, 2.75) is 26.2 Å². The summed E-state index contributed by atoms with van der Waals surface area (Å²) in [7, 11) is 1.54. The van der Waals surface area contributed by atoms with E-state index in [0.29, 0.717) is 41.9 Å². The lowest BCUT2D eigenvalue weighted by molar-refractivity contribution is -0.117. The Morgan fingerprint density at radius 2 is 1.58 bits per heavy atom. The van der Waals surface area contributed by atoms with E-state index in [4.69, 9.17) is 14.2 Å². The Kier molecular flexibility index (Phi) is 7.90.